The van der Waals surface area contributed by atoms with Crippen LogP contribution in [0.25, 0.3) is 0 Å². The third-order valence-electron chi connectivity index (χ3n) is 2.98. The van der Waals surface area contributed by atoms with Gasteiger partial charge >= 0.3 is 0 Å². The van der Waals surface area contributed by atoms with Gasteiger partial charge in [-0.3, -0.25) is 0 Å². The highest BCUT2D eigenvalue weighted by molar-refractivity contribution is 5.33. The van der Waals surface area contributed by atoms with Gasteiger partial charge in [-0.05, 0) is 31.7 Å². The molecule has 1 heteroatoms. The molecule has 1 rings (SSSR count). The highest BCUT2D eigenvalue weighted by atomic mass is 14.8. The van der Waals surface area contributed by atoms with Crippen molar-refractivity contribution < 1.29 is 0 Å². The quantitative estimate of drug-likeness (QED) is 0.677. The number of rotatable bonds is 3. The monoisotopic (exact) mass is 165 g/mol. The van der Waals surface area contributed by atoms with Crippen molar-refractivity contribution in [2.45, 2.75) is 26.2 Å². The van der Waals surface area contributed by atoms with Gasteiger partial charge in [0.15, 0.2) is 0 Å². The summed E-state index contributed by atoms with van der Waals surface area (Å²) in [6.07, 6.45) is 3.47. The zero-order valence-corrected chi connectivity index (χ0v) is 8.24. The van der Waals surface area contributed by atoms with Crippen molar-refractivity contribution in [3.05, 3.63) is 24.3 Å². The summed E-state index contributed by atoms with van der Waals surface area (Å²) in [5.74, 6) is 0. The molecule has 0 spiro atoms. The van der Waals surface area contributed by atoms with E-state index in [9.17, 15) is 0 Å². The van der Waals surface area contributed by atoms with Gasteiger partial charge in [0.25, 0.3) is 0 Å². The molecule has 0 aromatic rings. The van der Waals surface area contributed by atoms with Crippen LogP contribution >= 0.6 is 0 Å². The van der Waals surface area contributed by atoms with Crippen LogP contribution in [0.1, 0.15) is 26.2 Å². The minimum Gasteiger partial charge on any atom is -0.319 e. The van der Waals surface area contributed by atoms with Gasteiger partial charge in [-0.25, -0.2) is 0 Å². The molecule has 0 saturated heterocycles. The summed E-state index contributed by atoms with van der Waals surface area (Å²) in [6.45, 7) is 11.4. The average molecular weight is 165 g/mol. The van der Waals surface area contributed by atoms with Crippen LogP contribution in [-0.4, -0.2) is 13.6 Å². The molecular weight excluding hydrogens is 146 g/mol. The Morgan fingerprint density at radius 3 is 2.17 bits per heavy atom. The topological polar surface area (TPSA) is 12.0 Å². The number of hydrogen-bond donors (Lipinski definition) is 1. The fraction of sp³-hybridized carbons (Fsp3) is 0.636. The van der Waals surface area contributed by atoms with E-state index in [0.29, 0.717) is 5.41 Å². The van der Waals surface area contributed by atoms with Crippen LogP contribution in [-0.2, 0) is 0 Å². The van der Waals surface area contributed by atoms with Crippen LogP contribution in [0.15, 0.2) is 24.3 Å². The van der Waals surface area contributed by atoms with E-state index >= 15 is 0 Å². The lowest BCUT2D eigenvalue weighted by molar-refractivity contribution is 0.291. The van der Waals surface area contributed by atoms with E-state index in [-0.39, 0.29) is 0 Å². The van der Waals surface area contributed by atoms with E-state index in [1.165, 1.54) is 17.6 Å². The summed E-state index contributed by atoms with van der Waals surface area (Å²) in [4.78, 5) is 0. The first-order valence-electron chi connectivity index (χ1n) is 4.64. The molecule has 0 amide bonds. The SMILES string of the molecule is C=C1CC(CC)(CNC)CC1=C. The summed E-state index contributed by atoms with van der Waals surface area (Å²) in [5, 5.41) is 3.26. The van der Waals surface area contributed by atoms with Crippen LogP contribution in [0.4, 0.5) is 0 Å². The second-order valence-electron chi connectivity index (χ2n) is 3.94. The van der Waals surface area contributed by atoms with Crippen molar-refractivity contribution in [3.8, 4) is 0 Å². The van der Waals surface area contributed by atoms with Gasteiger partial charge < -0.3 is 5.32 Å². The zero-order valence-electron chi connectivity index (χ0n) is 8.24. The fourth-order valence-electron chi connectivity index (χ4n) is 2.09. The zero-order chi connectivity index (χ0) is 9.19. The summed E-state index contributed by atoms with van der Waals surface area (Å²) in [7, 11) is 2.02. The fourth-order valence-corrected chi connectivity index (χ4v) is 2.09. The van der Waals surface area contributed by atoms with Gasteiger partial charge in [-0.2, -0.15) is 0 Å². The highest BCUT2D eigenvalue weighted by Gasteiger charge is 2.35. The van der Waals surface area contributed by atoms with Crippen molar-refractivity contribution in [2.75, 3.05) is 13.6 Å². The minimum atomic E-state index is 0.420. The Morgan fingerprint density at radius 1 is 1.33 bits per heavy atom. The van der Waals surface area contributed by atoms with Crippen molar-refractivity contribution in [2.24, 2.45) is 5.41 Å². The van der Waals surface area contributed by atoms with E-state index in [1.807, 2.05) is 7.05 Å². The maximum absolute atomic E-state index is 4.03. The Kier molecular flexibility index (Phi) is 2.73. The van der Waals surface area contributed by atoms with Gasteiger partial charge in [0.05, 0.1) is 0 Å². The Bertz CT molecular complexity index is 187. The van der Waals surface area contributed by atoms with Crippen molar-refractivity contribution in [1.29, 1.82) is 0 Å². The van der Waals surface area contributed by atoms with E-state index in [0.717, 1.165) is 19.4 Å². The molecule has 68 valence electrons. The summed E-state index contributed by atoms with van der Waals surface area (Å²) < 4.78 is 0. The molecular formula is C11H19N. The lowest BCUT2D eigenvalue weighted by Gasteiger charge is -2.26. The summed E-state index contributed by atoms with van der Waals surface area (Å²) >= 11 is 0. The summed E-state index contributed by atoms with van der Waals surface area (Å²) in [6, 6.07) is 0. The predicted molar refractivity (Wildman–Crippen MR) is 54.2 cm³/mol. The van der Waals surface area contributed by atoms with Crippen LogP contribution in [0, 0.1) is 5.41 Å². The molecule has 1 nitrogen and oxygen atoms in total. The van der Waals surface area contributed by atoms with Gasteiger partial charge in [0, 0.05) is 6.54 Å². The maximum atomic E-state index is 4.03. The molecule has 0 radical (unpaired) electrons. The lowest BCUT2D eigenvalue weighted by Crippen LogP contribution is -2.29. The van der Waals surface area contributed by atoms with Gasteiger partial charge in [-0.15, -0.1) is 0 Å². The average Bonchev–Trinajstić information content (AvgIpc) is 2.30. The largest absolute Gasteiger partial charge is 0.319 e. The predicted octanol–water partition coefficient (Wildman–Crippen LogP) is 2.51. The molecule has 0 aromatic carbocycles. The first-order chi connectivity index (χ1) is 5.63. The molecule has 0 aromatic heterocycles. The normalized spacial score (nSPS) is 21.8. The van der Waals surface area contributed by atoms with E-state index in [1.54, 1.807) is 0 Å². The lowest BCUT2D eigenvalue weighted by atomic mass is 9.83. The first-order valence-corrected chi connectivity index (χ1v) is 4.64. The number of hydrogen-bond acceptors (Lipinski definition) is 1. The molecule has 1 aliphatic carbocycles. The van der Waals surface area contributed by atoms with Crippen molar-refractivity contribution in [3.63, 3.8) is 0 Å². The molecule has 0 heterocycles. The summed E-state index contributed by atoms with van der Waals surface area (Å²) in [5.41, 5.74) is 2.93. The van der Waals surface area contributed by atoms with Crippen LogP contribution in [0.5, 0.6) is 0 Å². The third kappa shape index (κ3) is 1.61. The molecule has 0 aliphatic heterocycles. The van der Waals surface area contributed by atoms with Crippen molar-refractivity contribution in [1.82, 2.24) is 5.32 Å². The smallest absolute Gasteiger partial charge is 0.00111 e. The number of allylic oxidation sites excluding steroid dienone is 2. The van der Waals surface area contributed by atoms with Crippen LogP contribution in [0.2, 0.25) is 0 Å². The Morgan fingerprint density at radius 2 is 1.83 bits per heavy atom. The van der Waals surface area contributed by atoms with Gasteiger partial charge in [-0.1, -0.05) is 31.2 Å². The first kappa shape index (κ1) is 9.53. The maximum Gasteiger partial charge on any atom is 0.00111 e. The molecule has 0 atom stereocenters. The Labute approximate surface area is 75.6 Å². The molecule has 1 saturated carbocycles. The third-order valence-corrected chi connectivity index (χ3v) is 2.98. The van der Waals surface area contributed by atoms with Gasteiger partial charge in [0.2, 0.25) is 0 Å². The molecule has 12 heavy (non-hydrogen) atoms. The minimum absolute atomic E-state index is 0.420. The van der Waals surface area contributed by atoms with Crippen LogP contribution < -0.4 is 5.32 Å². The Balaban J connectivity index is 2.71. The molecule has 0 unspecified atom stereocenters. The molecule has 0 bridgehead atoms. The molecule has 1 N–H and O–H groups in total. The second-order valence-corrected chi connectivity index (χ2v) is 3.94. The molecule has 1 fully saturated rings. The van der Waals surface area contributed by atoms with E-state index in [2.05, 4.69) is 25.4 Å². The highest BCUT2D eigenvalue weighted by Crippen LogP contribution is 2.45. The Hall–Kier alpha value is -0.560. The van der Waals surface area contributed by atoms with E-state index < -0.39 is 0 Å². The van der Waals surface area contributed by atoms with Gasteiger partial charge in [0.1, 0.15) is 0 Å². The second kappa shape index (κ2) is 3.44. The van der Waals surface area contributed by atoms with E-state index in [4.69, 9.17) is 0 Å². The number of nitrogens with one attached hydrogen (secondary N) is 1. The van der Waals surface area contributed by atoms with Crippen molar-refractivity contribution >= 4 is 0 Å². The van der Waals surface area contributed by atoms with Crippen LogP contribution in [0.3, 0.4) is 0 Å². The molecule has 1 aliphatic rings. The standard InChI is InChI=1S/C11H19N/c1-5-11(8-12-4)6-9(2)10(3)7-11/h12H,2-3,5-8H2,1,4H3.